The second-order valence-corrected chi connectivity index (χ2v) is 18.5. The lowest BCUT2D eigenvalue weighted by atomic mass is 10.0. The van der Waals surface area contributed by atoms with Crippen LogP contribution in [0.15, 0.2) is 24.3 Å². The maximum absolute atomic E-state index is 13.5. The van der Waals surface area contributed by atoms with E-state index in [0.29, 0.717) is 75.9 Å². The summed E-state index contributed by atoms with van der Waals surface area (Å²) in [5.41, 5.74) is 6.28. The van der Waals surface area contributed by atoms with Crippen LogP contribution in [0.4, 0.5) is 15.3 Å². The summed E-state index contributed by atoms with van der Waals surface area (Å²) < 4.78 is 30.4. The van der Waals surface area contributed by atoms with E-state index >= 15 is 0 Å². The maximum Gasteiger partial charge on any atom is 0.407 e. The van der Waals surface area contributed by atoms with Crippen LogP contribution in [-0.4, -0.2) is 135 Å². The molecule has 0 aliphatic carbocycles. The van der Waals surface area contributed by atoms with Gasteiger partial charge in [-0.25, -0.2) is 14.3 Å². The number of nitrogens with two attached hydrogens (primary N) is 1. The minimum absolute atomic E-state index is 0.0294. The average Bonchev–Trinajstić information content (AvgIpc) is 3.71. The fraction of sp³-hybridized carbons (Fsp3) is 0.711. The number of nitriles is 1. The number of nitrogens with zero attached hydrogens (tertiary/aromatic N) is 3. The van der Waals surface area contributed by atoms with Gasteiger partial charge in [-0.15, -0.1) is 0 Å². The third-order valence-electron chi connectivity index (χ3n) is 10.3. The second-order valence-electron chi connectivity index (χ2n) is 17.0. The number of hydrogen-bond acceptors (Lipinski definition) is 13. The molecule has 1 saturated heterocycles. The highest BCUT2D eigenvalue weighted by molar-refractivity contribution is 7.44. The van der Waals surface area contributed by atoms with Crippen molar-refractivity contribution in [1.29, 1.82) is 5.26 Å². The first kappa shape index (κ1) is 57.5. The third kappa shape index (κ3) is 24.2. The number of amides is 7. The number of rotatable bonds is 33. The maximum atomic E-state index is 13.5. The number of carbonyl (C=O) groups is 6. The van der Waals surface area contributed by atoms with Gasteiger partial charge in [0.1, 0.15) is 18.7 Å². The smallest absolute Gasteiger partial charge is 0.407 e. The molecule has 2 rings (SSSR count). The molecule has 0 aromatic heterocycles. The second kappa shape index (κ2) is 32.9. The highest BCUT2D eigenvalue weighted by Crippen LogP contribution is 2.45. The number of urea groups is 1. The first-order valence-corrected chi connectivity index (χ1v) is 24.2. The monoisotopic (exact) mass is 950 g/mol. The number of anilines is 1. The van der Waals surface area contributed by atoms with Crippen LogP contribution in [0.25, 0.3) is 0 Å². The van der Waals surface area contributed by atoms with Crippen molar-refractivity contribution in [3.8, 4) is 6.07 Å². The van der Waals surface area contributed by atoms with E-state index in [4.69, 9.17) is 34.3 Å². The Bertz CT molecular complexity index is 1660. The van der Waals surface area contributed by atoms with Crippen molar-refractivity contribution < 1.29 is 52.0 Å². The van der Waals surface area contributed by atoms with Crippen LogP contribution in [0.5, 0.6) is 0 Å². The van der Waals surface area contributed by atoms with Gasteiger partial charge in [-0.2, -0.15) is 5.26 Å². The van der Waals surface area contributed by atoms with Gasteiger partial charge in [-0.3, -0.25) is 19.2 Å². The molecule has 20 nitrogen and oxygen atoms in total. The summed E-state index contributed by atoms with van der Waals surface area (Å²) in [7, 11) is -1.33. The van der Waals surface area contributed by atoms with Gasteiger partial charge >= 0.3 is 12.1 Å². The summed E-state index contributed by atoms with van der Waals surface area (Å²) in [6.07, 6.45) is 2.74. The first-order chi connectivity index (χ1) is 31.5. The molecule has 1 unspecified atom stereocenters. The Labute approximate surface area is 392 Å². The Morgan fingerprint density at radius 1 is 0.833 bits per heavy atom. The minimum Gasteiger partial charge on any atom is -0.445 e. The van der Waals surface area contributed by atoms with Gasteiger partial charge in [0.15, 0.2) is 0 Å². The topological polar surface area (TPSA) is 265 Å². The molecule has 1 aromatic rings. The van der Waals surface area contributed by atoms with Crippen LogP contribution >= 0.6 is 8.53 Å². The molecule has 372 valence electrons. The number of primary amides is 1. The molecule has 0 radical (unpaired) electrons. The van der Waals surface area contributed by atoms with Crippen LogP contribution in [0.3, 0.4) is 0 Å². The largest absolute Gasteiger partial charge is 0.445 e. The van der Waals surface area contributed by atoms with Crippen molar-refractivity contribution >= 4 is 50.0 Å². The molecule has 1 aliphatic heterocycles. The van der Waals surface area contributed by atoms with E-state index in [1.165, 1.54) is 0 Å². The fourth-order valence-electron chi connectivity index (χ4n) is 6.86. The number of alkyl carbamates (subject to hydrolysis) is 1. The van der Waals surface area contributed by atoms with Gasteiger partial charge in [0, 0.05) is 56.8 Å². The Morgan fingerprint density at radius 2 is 1.48 bits per heavy atom. The molecule has 4 atom stereocenters. The molecule has 1 aromatic carbocycles. The van der Waals surface area contributed by atoms with Crippen molar-refractivity contribution in [2.75, 3.05) is 71.1 Å². The van der Waals surface area contributed by atoms with Crippen LogP contribution in [-0.2, 0) is 49.0 Å². The van der Waals surface area contributed by atoms with Crippen molar-refractivity contribution in [2.45, 2.75) is 131 Å². The number of nitrogens with one attached hydrogen (secondary N) is 5. The highest BCUT2D eigenvalue weighted by Gasteiger charge is 2.30. The van der Waals surface area contributed by atoms with Crippen LogP contribution in [0, 0.1) is 23.2 Å². The molecule has 66 heavy (non-hydrogen) atoms. The van der Waals surface area contributed by atoms with Gasteiger partial charge in [0.25, 0.3) is 8.53 Å². The third-order valence-corrected chi connectivity index (χ3v) is 12.4. The summed E-state index contributed by atoms with van der Waals surface area (Å²) in [6, 6.07) is 6.49. The predicted octanol–water partition coefficient (Wildman–Crippen LogP) is 4.68. The minimum atomic E-state index is -1.33. The van der Waals surface area contributed by atoms with E-state index in [9.17, 15) is 28.8 Å². The standard InChI is InChI=1S/C45H76N9O11P/c1-32(2)41(52-39(55)13-8-9-14-40(56)53-23-19-35(7)30-53)43(58)51-38(12-10-21-48-44(47)59)42(57)50-37-17-15-36(16-18-37)31-63-45(60)49-22-25-61-26-27-62-28-29-65-66(64-24-11-20-46)54(33(3)4)34(5)6/h15-18,32-35,38,41H,8-14,19,21-31H2,1-7H3,(H,49,60)(H,50,57)(H,51,58)(H,52,55)(H3,47,48,59)/t35-,38-,41-,66?/m0/s1. The first-order valence-electron chi connectivity index (χ1n) is 23.1. The van der Waals surface area contributed by atoms with Crippen LogP contribution in [0.2, 0.25) is 0 Å². The number of unbranched alkanes of at least 4 members (excludes halogenated alkanes) is 1. The molecule has 1 fully saturated rings. The Morgan fingerprint density at radius 3 is 2.11 bits per heavy atom. The van der Waals surface area contributed by atoms with Crippen molar-refractivity contribution in [2.24, 2.45) is 17.6 Å². The lowest BCUT2D eigenvalue weighted by Gasteiger charge is -2.35. The quantitative estimate of drug-likeness (QED) is 0.0414. The zero-order chi connectivity index (χ0) is 48.9. The molecular formula is C45H76N9O11P. The van der Waals surface area contributed by atoms with Crippen molar-refractivity contribution in [1.82, 2.24) is 30.8 Å². The fourth-order valence-corrected chi connectivity index (χ4v) is 8.43. The van der Waals surface area contributed by atoms with E-state index in [1.54, 1.807) is 38.1 Å². The van der Waals surface area contributed by atoms with Crippen molar-refractivity contribution in [3.63, 3.8) is 0 Å². The predicted molar refractivity (Wildman–Crippen MR) is 250 cm³/mol. The Kier molecular flexibility index (Phi) is 28.7. The van der Waals surface area contributed by atoms with Gasteiger partial charge in [-0.1, -0.05) is 32.9 Å². The molecule has 7 amide bonds. The molecule has 0 bridgehead atoms. The Balaban J connectivity index is 1.75. The lowest BCUT2D eigenvalue weighted by Crippen LogP contribution is -2.54. The Hall–Kier alpha value is -4.64. The summed E-state index contributed by atoms with van der Waals surface area (Å²) in [5.74, 6) is -1.06. The molecule has 0 saturated carbocycles. The number of ether oxygens (including phenoxy) is 3. The van der Waals surface area contributed by atoms with Gasteiger partial charge in [-0.05, 0) is 89.3 Å². The van der Waals surface area contributed by atoms with E-state index in [1.807, 2.05) is 4.90 Å². The summed E-state index contributed by atoms with van der Waals surface area (Å²) in [5, 5.41) is 22.3. The van der Waals surface area contributed by atoms with Crippen LogP contribution in [0.1, 0.15) is 105 Å². The molecule has 0 spiro atoms. The summed E-state index contributed by atoms with van der Waals surface area (Å²) >= 11 is 0. The zero-order valence-electron chi connectivity index (χ0n) is 40.1. The highest BCUT2D eigenvalue weighted by atomic mass is 31.2. The summed E-state index contributed by atoms with van der Waals surface area (Å²) in [6.45, 7) is 17.8. The molecule has 1 aliphatic rings. The van der Waals surface area contributed by atoms with E-state index in [0.717, 1.165) is 19.5 Å². The average molecular weight is 950 g/mol. The molecule has 7 N–H and O–H groups in total. The summed E-state index contributed by atoms with van der Waals surface area (Å²) in [4.78, 5) is 77.7. The van der Waals surface area contributed by atoms with E-state index in [-0.39, 0.29) is 75.4 Å². The lowest BCUT2D eigenvalue weighted by molar-refractivity contribution is -0.132. The normalized spacial score (nSPS) is 15.0. The van der Waals surface area contributed by atoms with Crippen molar-refractivity contribution in [3.05, 3.63) is 29.8 Å². The van der Waals surface area contributed by atoms with Gasteiger partial charge in [0.2, 0.25) is 23.6 Å². The number of carbonyl (C=O) groups excluding carboxylic acids is 6. The number of likely N-dealkylation sites (tertiary alicyclic amines) is 1. The van der Waals surface area contributed by atoms with Crippen LogP contribution < -0.4 is 32.3 Å². The zero-order valence-corrected chi connectivity index (χ0v) is 41.0. The van der Waals surface area contributed by atoms with Gasteiger partial charge < -0.3 is 60.5 Å². The number of hydrogen-bond donors (Lipinski definition) is 6. The number of benzene rings is 1. The van der Waals surface area contributed by atoms with E-state index in [2.05, 4.69) is 71.9 Å². The molecule has 1 heterocycles. The molecular weight excluding hydrogens is 874 g/mol. The molecule has 21 heteroatoms. The van der Waals surface area contributed by atoms with E-state index < -0.39 is 44.5 Å². The SMILES string of the molecule is CC(C)[C@H](NC(=O)CCCCC(=O)N1CC[C@H](C)C1)C(=O)N[C@@H](CCCNC(N)=O)C(=O)Nc1ccc(COC(=O)NCCOCCOCCOP(OCCC#N)N(C(C)C)C(C)C)cc1. The van der Waals surface area contributed by atoms with Gasteiger partial charge in [0.05, 0.1) is 52.1 Å².